The molecule has 0 spiro atoms. The number of anilines is 1. The summed E-state index contributed by atoms with van der Waals surface area (Å²) in [5.41, 5.74) is 1.42. The van der Waals surface area contributed by atoms with Gasteiger partial charge in [-0.3, -0.25) is 9.59 Å². The summed E-state index contributed by atoms with van der Waals surface area (Å²) < 4.78 is 0. The molecule has 7 heteroatoms. The number of halogens is 1. The SMILES string of the molecule is O=C(CCc1ccccc1C(=O)O)NC1CCN(c2ccccc2Cl)C1=O. The van der Waals surface area contributed by atoms with E-state index in [4.69, 9.17) is 11.6 Å². The van der Waals surface area contributed by atoms with Crippen LogP contribution < -0.4 is 10.2 Å². The first-order valence-corrected chi connectivity index (χ1v) is 9.01. The second-order valence-electron chi connectivity index (χ2n) is 6.31. The van der Waals surface area contributed by atoms with Gasteiger partial charge >= 0.3 is 5.97 Å². The fourth-order valence-electron chi connectivity index (χ4n) is 3.19. The molecule has 3 rings (SSSR count). The Balaban J connectivity index is 1.59. The lowest BCUT2D eigenvalue weighted by atomic mass is 10.0. The van der Waals surface area contributed by atoms with Gasteiger partial charge < -0.3 is 15.3 Å². The lowest BCUT2D eigenvalue weighted by Crippen LogP contribution is -2.41. The fourth-order valence-corrected chi connectivity index (χ4v) is 3.42. The molecular formula is C20H19ClN2O4. The Hall–Kier alpha value is -2.86. The summed E-state index contributed by atoms with van der Waals surface area (Å²) in [6.45, 7) is 0.482. The van der Waals surface area contributed by atoms with E-state index >= 15 is 0 Å². The number of rotatable bonds is 6. The van der Waals surface area contributed by atoms with Crippen molar-refractivity contribution in [1.82, 2.24) is 5.32 Å². The van der Waals surface area contributed by atoms with Crippen LogP contribution in [-0.4, -0.2) is 35.5 Å². The standard InChI is InChI=1S/C20H19ClN2O4/c21-15-7-3-4-8-17(15)23-12-11-16(19(23)25)22-18(24)10-9-13-5-1-2-6-14(13)20(26)27/h1-8,16H,9-12H2,(H,22,24)(H,26,27). The molecule has 0 aromatic heterocycles. The van der Waals surface area contributed by atoms with Crippen molar-refractivity contribution < 1.29 is 19.5 Å². The molecule has 0 radical (unpaired) electrons. The lowest BCUT2D eigenvalue weighted by Gasteiger charge is -2.18. The summed E-state index contributed by atoms with van der Waals surface area (Å²) in [5, 5.41) is 12.4. The predicted molar refractivity (Wildman–Crippen MR) is 102 cm³/mol. The van der Waals surface area contributed by atoms with Gasteiger partial charge in [0.1, 0.15) is 6.04 Å². The number of aromatic carboxylic acids is 1. The number of hydrogen-bond donors (Lipinski definition) is 2. The molecule has 1 atom stereocenters. The van der Waals surface area contributed by atoms with Gasteiger partial charge in [0.25, 0.3) is 0 Å². The highest BCUT2D eigenvalue weighted by Gasteiger charge is 2.34. The quantitative estimate of drug-likeness (QED) is 0.799. The second-order valence-corrected chi connectivity index (χ2v) is 6.72. The van der Waals surface area contributed by atoms with Crippen LogP contribution in [0.2, 0.25) is 5.02 Å². The molecule has 2 aromatic rings. The Labute approximate surface area is 161 Å². The van der Waals surface area contributed by atoms with Gasteiger partial charge in [-0.1, -0.05) is 41.9 Å². The van der Waals surface area contributed by atoms with Crippen molar-refractivity contribution in [1.29, 1.82) is 0 Å². The number of nitrogens with one attached hydrogen (secondary N) is 1. The Morgan fingerprint density at radius 1 is 1.15 bits per heavy atom. The van der Waals surface area contributed by atoms with Gasteiger partial charge in [0, 0.05) is 13.0 Å². The summed E-state index contributed by atoms with van der Waals surface area (Å²) in [7, 11) is 0. The zero-order valence-electron chi connectivity index (χ0n) is 14.5. The van der Waals surface area contributed by atoms with E-state index in [-0.39, 0.29) is 23.8 Å². The van der Waals surface area contributed by atoms with Gasteiger partial charge in [-0.15, -0.1) is 0 Å². The van der Waals surface area contributed by atoms with Gasteiger partial charge in [0.05, 0.1) is 16.3 Å². The minimum Gasteiger partial charge on any atom is -0.478 e. The number of amides is 2. The number of benzene rings is 2. The van der Waals surface area contributed by atoms with Crippen molar-refractivity contribution in [3.05, 3.63) is 64.7 Å². The van der Waals surface area contributed by atoms with Crippen LogP contribution in [-0.2, 0) is 16.0 Å². The number of hydrogen-bond acceptors (Lipinski definition) is 3. The number of aryl methyl sites for hydroxylation is 1. The van der Waals surface area contributed by atoms with Gasteiger partial charge in [-0.2, -0.15) is 0 Å². The van der Waals surface area contributed by atoms with Crippen molar-refractivity contribution in [2.75, 3.05) is 11.4 Å². The molecule has 1 unspecified atom stereocenters. The van der Waals surface area contributed by atoms with Gasteiger partial charge in [-0.05, 0) is 36.6 Å². The number of carboxylic acids is 1. The maximum atomic E-state index is 12.6. The molecule has 6 nitrogen and oxygen atoms in total. The Morgan fingerprint density at radius 3 is 2.59 bits per heavy atom. The van der Waals surface area contributed by atoms with E-state index in [1.165, 1.54) is 6.07 Å². The van der Waals surface area contributed by atoms with Crippen LogP contribution in [0.5, 0.6) is 0 Å². The molecule has 2 amide bonds. The maximum absolute atomic E-state index is 12.6. The maximum Gasteiger partial charge on any atom is 0.335 e. The molecule has 1 heterocycles. The summed E-state index contributed by atoms with van der Waals surface area (Å²) in [6.07, 6.45) is 0.908. The normalized spacial score (nSPS) is 16.4. The molecule has 1 aliphatic heterocycles. The van der Waals surface area contributed by atoms with Crippen molar-refractivity contribution in [3.8, 4) is 0 Å². The minimum absolute atomic E-state index is 0.111. The first kappa shape index (κ1) is 18.9. The van der Waals surface area contributed by atoms with Crippen molar-refractivity contribution >= 4 is 35.1 Å². The van der Waals surface area contributed by atoms with E-state index in [0.717, 1.165) is 0 Å². The molecule has 140 valence electrons. The van der Waals surface area contributed by atoms with Crippen molar-refractivity contribution in [2.24, 2.45) is 0 Å². The van der Waals surface area contributed by atoms with E-state index in [9.17, 15) is 19.5 Å². The molecule has 1 aliphatic rings. The van der Waals surface area contributed by atoms with Crippen molar-refractivity contribution in [2.45, 2.75) is 25.3 Å². The Morgan fingerprint density at radius 2 is 1.85 bits per heavy atom. The number of carboxylic acid groups (broad SMARTS) is 1. The monoisotopic (exact) mass is 386 g/mol. The molecule has 1 fully saturated rings. The molecule has 2 aromatic carbocycles. The van der Waals surface area contributed by atoms with Crippen LogP contribution in [0.1, 0.15) is 28.8 Å². The van der Waals surface area contributed by atoms with E-state index in [0.29, 0.717) is 35.7 Å². The van der Waals surface area contributed by atoms with Gasteiger partial charge in [0.2, 0.25) is 11.8 Å². The van der Waals surface area contributed by atoms with Crippen LogP contribution in [0, 0.1) is 0 Å². The van der Waals surface area contributed by atoms with Crippen LogP contribution in [0.4, 0.5) is 5.69 Å². The molecule has 0 aliphatic carbocycles. The van der Waals surface area contributed by atoms with Gasteiger partial charge in [0.15, 0.2) is 0 Å². The first-order chi connectivity index (χ1) is 13.0. The predicted octanol–water partition coefficient (Wildman–Crippen LogP) is 2.89. The number of carbonyl (C=O) groups is 3. The van der Waals surface area contributed by atoms with E-state index in [2.05, 4.69) is 5.32 Å². The highest BCUT2D eigenvalue weighted by Crippen LogP contribution is 2.29. The summed E-state index contributed by atoms with van der Waals surface area (Å²) >= 11 is 6.15. The molecule has 1 saturated heterocycles. The smallest absolute Gasteiger partial charge is 0.335 e. The van der Waals surface area contributed by atoms with E-state index in [1.54, 1.807) is 47.4 Å². The Bertz CT molecular complexity index is 884. The van der Waals surface area contributed by atoms with Crippen LogP contribution in [0.3, 0.4) is 0 Å². The average molecular weight is 387 g/mol. The zero-order valence-corrected chi connectivity index (χ0v) is 15.3. The summed E-state index contributed by atoms with van der Waals surface area (Å²) in [5.74, 6) is -1.50. The van der Waals surface area contributed by atoms with Crippen LogP contribution >= 0.6 is 11.6 Å². The lowest BCUT2D eigenvalue weighted by molar-refractivity contribution is -0.126. The highest BCUT2D eigenvalue weighted by molar-refractivity contribution is 6.34. The second kappa shape index (κ2) is 8.22. The topological polar surface area (TPSA) is 86.7 Å². The number of carbonyl (C=O) groups excluding carboxylic acids is 2. The zero-order chi connectivity index (χ0) is 19.4. The molecule has 0 bridgehead atoms. The number of nitrogens with zero attached hydrogens (tertiary/aromatic N) is 1. The summed E-state index contributed by atoms with van der Waals surface area (Å²) in [4.78, 5) is 37.6. The molecule has 2 N–H and O–H groups in total. The largest absolute Gasteiger partial charge is 0.478 e. The molecular weight excluding hydrogens is 368 g/mol. The summed E-state index contributed by atoms with van der Waals surface area (Å²) in [6, 6.07) is 13.1. The molecule has 0 saturated carbocycles. The fraction of sp³-hybridized carbons (Fsp3) is 0.250. The average Bonchev–Trinajstić information content (AvgIpc) is 3.01. The third-order valence-electron chi connectivity index (χ3n) is 4.55. The van der Waals surface area contributed by atoms with E-state index < -0.39 is 12.0 Å². The van der Waals surface area contributed by atoms with Crippen LogP contribution in [0.25, 0.3) is 0 Å². The third kappa shape index (κ3) is 4.28. The molecule has 27 heavy (non-hydrogen) atoms. The minimum atomic E-state index is -1.02. The van der Waals surface area contributed by atoms with Crippen LogP contribution in [0.15, 0.2) is 48.5 Å². The first-order valence-electron chi connectivity index (χ1n) is 8.64. The Kier molecular flexibility index (Phi) is 5.76. The number of para-hydroxylation sites is 1. The van der Waals surface area contributed by atoms with Crippen molar-refractivity contribution in [3.63, 3.8) is 0 Å². The van der Waals surface area contributed by atoms with E-state index in [1.807, 2.05) is 0 Å². The van der Waals surface area contributed by atoms with Gasteiger partial charge in [-0.25, -0.2) is 4.79 Å². The third-order valence-corrected chi connectivity index (χ3v) is 4.87. The highest BCUT2D eigenvalue weighted by atomic mass is 35.5.